The lowest BCUT2D eigenvalue weighted by atomic mass is 9.76. The maximum absolute atomic E-state index is 13.9. The Morgan fingerprint density at radius 2 is 1.44 bits per heavy atom. The van der Waals surface area contributed by atoms with Gasteiger partial charge in [0.05, 0.1) is 49.1 Å². The summed E-state index contributed by atoms with van der Waals surface area (Å²) in [6, 6.07) is -0.219. The highest BCUT2D eigenvalue weighted by Crippen LogP contribution is 2.43. The Balaban J connectivity index is 1.75. The molecule has 0 aromatic rings. The fourth-order valence-corrected chi connectivity index (χ4v) is 7.89. The minimum absolute atomic E-state index is 0.198. The van der Waals surface area contributed by atoms with Crippen molar-refractivity contribution in [2.24, 2.45) is 29.6 Å². The molecule has 0 aromatic heterocycles. The van der Waals surface area contributed by atoms with Gasteiger partial charge in [-0.2, -0.15) is 0 Å². The summed E-state index contributed by atoms with van der Waals surface area (Å²) in [4.78, 5) is 29.7. The minimum atomic E-state index is -1.10. The molecule has 0 aliphatic carbocycles. The van der Waals surface area contributed by atoms with Crippen molar-refractivity contribution >= 4 is 11.8 Å². The van der Waals surface area contributed by atoms with E-state index in [1.807, 2.05) is 39.8 Å². The molecule has 0 bridgehead atoms. The molecule has 13 nitrogen and oxygen atoms in total. The maximum Gasteiger partial charge on any atom is 0.311 e. The van der Waals surface area contributed by atoms with Crippen LogP contribution in [0.5, 0.6) is 0 Å². The summed E-state index contributed by atoms with van der Waals surface area (Å²) in [5.74, 6) is -3.74. The number of likely N-dealkylation sites (N-methyl/N-ethyl adjacent to an activating group) is 1. The smallest absolute Gasteiger partial charge is 0.311 e. The third-order valence-corrected chi connectivity index (χ3v) is 11.4. The molecule has 0 radical (unpaired) electrons. The fraction of sp³-hybridized carbons (Fsp3) is 0.943. The van der Waals surface area contributed by atoms with E-state index in [-0.39, 0.29) is 43.3 Å². The van der Waals surface area contributed by atoms with E-state index in [1.54, 1.807) is 34.6 Å². The van der Waals surface area contributed by atoms with Gasteiger partial charge in [-0.1, -0.05) is 27.7 Å². The number of esters is 1. The summed E-state index contributed by atoms with van der Waals surface area (Å²) in [5, 5.41) is 33.3. The van der Waals surface area contributed by atoms with Crippen LogP contribution in [0.4, 0.5) is 0 Å². The number of hydrogen-bond donors (Lipinski definition) is 3. The second-order valence-corrected chi connectivity index (χ2v) is 15.3. The normalized spacial score (nSPS) is 49.9. The summed E-state index contributed by atoms with van der Waals surface area (Å²) in [6.07, 6.45) is -7.15. The summed E-state index contributed by atoms with van der Waals surface area (Å²) in [7, 11) is 5.32. The van der Waals surface area contributed by atoms with Crippen LogP contribution in [-0.2, 0) is 42.7 Å². The lowest BCUT2D eigenvalue weighted by molar-refractivity contribution is -0.299. The van der Waals surface area contributed by atoms with Crippen molar-refractivity contribution in [3.05, 3.63) is 0 Å². The Morgan fingerprint density at radius 3 is 2.02 bits per heavy atom. The molecule has 1 spiro atoms. The molecule has 0 aromatic carbocycles. The zero-order valence-electron chi connectivity index (χ0n) is 30.6. The molecular formula is C35H61NO12. The van der Waals surface area contributed by atoms with E-state index in [4.69, 9.17) is 33.2 Å². The van der Waals surface area contributed by atoms with Crippen LogP contribution in [0.3, 0.4) is 0 Å². The number of ether oxygens (including phenoxy) is 7. The highest BCUT2D eigenvalue weighted by atomic mass is 16.7. The van der Waals surface area contributed by atoms with Crippen molar-refractivity contribution in [1.29, 1.82) is 0 Å². The number of hydrogen-bond acceptors (Lipinski definition) is 13. The lowest BCUT2D eigenvalue weighted by Crippen LogP contribution is -2.57. The third kappa shape index (κ3) is 8.43. The van der Waals surface area contributed by atoms with Crippen molar-refractivity contribution < 1.29 is 58.1 Å². The number of carbonyl (C=O) groups excluding carboxylic acids is 2. The molecule has 13 heteroatoms. The van der Waals surface area contributed by atoms with Gasteiger partial charge in [-0.05, 0) is 60.5 Å². The maximum atomic E-state index is 13.9. The van der Waals surface area contributed by atoms with E-state index in [1.165, 1.54) is 7.11 Å². The molecule has 3 N–H and O–H groups in total. The second kappa shape index (κ2) is 16.0. The average Bonchev–Trinajstić information content (AvgIpc) is 3.82. The molecule has 4 rings (SSSR count). The van der Waals surface area contributed by atoms with Gasteiger partial charge in [-0.25, -0.2) is 0 Å². The molecule has 4 aliphatic heterocycles. The van der Waals surface area contributed by atoms with E-state index in [0.717, 1.165) is 0 Å². The van der Waals surface area contributed by atoms with Gasteiger partial charge >= 0.3 is 5.97 Å². The van der Waals surface area contributed by atoms with Crippen molar-refractivity contribution in [2.45, 2.75) is 154 Å². The van der Waals surface area contributed by atoms with Crippen LogP contribution < -0.4 is 0 Å². The van der Waals surface area contributed by atoms with E-state index < -0.39 is 96.7 Å². The van der Waals surface area contributed by atoms with Gasteiger partial charge in [0.1, 0.15) is 18.3 Å². The first-order chi connectivity index (χ1) is 22.4. The van der Waals surface area contributed by atoms with Gasteiger partial charge in [-0.15, -0.1) is 0 Å². The van der Waals surface area contributed by atoms with Crippen LogP contribution in [0.15, 0.2) is 0 Å². The fourth-order valence-electron chi connectivity index (χ4n) is 7.89. The zero-order chi connectivity index (χ0) is 35.8. The first-order valence-electron chi connectivity index (χ1n) is 17.7. The van der Waals surface area contributed by atoms with E-state index in [2.05, 4.69) is 0 Å². The number of ketones is 1. The number of cyclic esters (lactones) is 1. The van der Waals surface area contributed by atoms with Gasteiger partial charge in [-0.3, -0.25) is 9.59 Å². The number of nitrogens with zero attached hydrogens (tertiary/aromatic N) is 1. The quantitative estimate of drug-likeness (QED) is 0.274. The molecule has 0 amide bonds. The highest BCUT2D eigenvalue weighted by Gasteiger charge is 2.57. The summed E-state index contributed by atoms with van der Waals surface area (Å²) >= 11 is 0. The first kappa shape index (κ1) is 39.5. The number of aliphatic hydroxyl groups excluding tert-OH is 3. The van der Waals surface area contributed by atoms with E-state index in [0.29, 0.717) is 6.42 Å². The Morgan fingerprint density at radius 1 is 0.792 bits per heavy atom. The number of Topliss-reactive ketones (excluding diaryl/α,β-unsaturated/α-hetero) is 1. The van der Waals surface area contributed by atoms with Gasteiger partial charge in [0.15, 0.2) is 24.0 Å². The number of epoxide rings is 1. The van der Waals surface area contributed by atoms with Crippen LogP contribution in [0.1, 0.15) is 74.7 Å². The predicted molar refractivity (Wildman–Crippen MR) is 174 cm³/mol. The number of methoxy groups -OCH3 is 1. The summed E-state index contributed by atoms with van der Waals surface area (Å²) < 4.78 is 43.0. The van der Waals surface area contributed by atoms with Crippen LogP contribution in [0.25, 0.3) is 0 Å². The standard InChI is InChI=1S/C35H61NO12/c1-16-14-35(15-43-35)32(40)19(4)27(37)18(3)22(7)46-33(41)21(6)31(47-26-13-25(42-11)28(38)23(8)45-26)20(5)30(16)48-34-29(39)24(36(9)10)12-17(2)44-34/h16-31,34,37-39H,12-15H2,1-11H3/t16-,17+,18+,19+,20+,21+,22+,23-,24-,25+,26-,27-,28-,29+,30-,31-,34-,35+/m0/s1. The van der Waals surface area contributed by atoms with Gasteiger partial charge in [0.2, 0.25) is 0 Å². The van der Waals surface area contributed by atoms with Crippen LogP contribution >= 0.6 is 0 Å². The SMILES string of the molecule is CO[C@@H]1C[C@H](O[C@H]2[C@H](C)[C@@H](O[C@@H]3O[C@H](C)C[C@H](N(C)C)[C@H]3O)[C@@H](C)C[C@@]3(CO3)C(=O)[C@H](C)[C@@H](O)[C@H](C)[C@@H](C)OC(=O)[C@@H]2C)O[C@@H](C)[C@@H]1O. The molecule has 4 fully saturated rings. The second-order valence-electron chi connectivity index (χ2n) is 15.3. The first-order valence-corrected chi connectivity index (χ1v) is 17.7. The van der Waals surface area contributed by atoms with Crippen molar-refractivity contribution in [2.75, 3.05) is 27.8 Å². The van der Waals surface area contributed by atoms with Crippen molar-refractivity contribution in [3.63, 3.8) is 0 Å². The Kier molecular flexibility index (Phi) is 13.1. The van der Waals surface area contributed by atoms with Crippen LogP contribution in [-0.4, -0.2) is 139 Å². The molecule has 0 unspecified atom stereocenters. The summed E-state index contributed by atoms with van der Waals surface area (Å²) in [5.41, 5.74) is -1.10. The van der Waals surface area contributed by atoms with Crippen molar-refractivity contribution in [1.82, 2.24) is 4.90 Å². The van der Waals surface area contributed by atoms with Gasteiger partial charge in [0, 0.05) is 37.3 Å². The van der Waals surface area contributed by atoms with Crippen molar-refractivity contribution in [3.8, 4) is 0 Å². The minimum Gasteiger partial charge on any atom is -0.462 e. The molecule has 4 aliphatic rings. The van der Waals surface area contributed by atoms with E-state index >= 15 is 0 Å². The monoisotopic (exact) mass is 687 g/mol. The largest absolute Gasteiger partial charge is 0.462 e. The summed E-state index contributed by atoms with van der Waals surface area (Å²) in [6.45, 7) is 14.6. The molecule has 4 saturated heterocycles. The lowest BCUT2D eigenvalue weighted by Gasteiger charge is -2.46. The topological polar surface area (TPSA) is 166 Å². The Bertz CT molecular complexity index is 1090. The average molecular weight is 688 g/mol. The number of rotatable bonds is 6. The predicted octanol–water partition coefficient (Wildman–Crippen LogP) is 1.91. The molecule has 18 atom stereocenters. The molecule has 4 heterocycles. The Labute approximate surface area is 285 Å². The number of aliphatic hydroxyl groups is 3. The van der Waals surface area contributed by atoms with Crippen LogP contribution in [0.2, 0.25) is 0 Å². The molecular weight excluding hydrogens is 626 g/mol. The molecule has 0 saturated carbocycles. The zero-order valence-corrected chi connectivity index (χ0v) is 30.6. The number of carbonyl (C=O) groups is 2. The highest BCUT2D eigenvalue weighted by molar-refractivity contribution is 5.92. The molecule has 48 heavy (non-hydrogen) atoms. The third-order valence-electron chi connectivity index (χ3n) is 11.4. The molecule has 278 valence electrons. The van der Waals surface area contributed by atoms with Crippen LogP contribution in [0, 0.1) is 29.6 Å². The van der Waals surface area contributed by atoms with E-state index in [9.17, 15) is 24.9 Å². The van der Waals surface area contributed by atoms with Gasteiger partial charge in [0.25, 0.3) is 0 Å². The Hall–Kier alpha value is -1.26. The van der Waals surface area contributed by atoms with Gasteiger partial charge < -0.3 is 53.4 Å².